The van der Waals surface area contributed by atoms with Crippen molar-refractivity contribution in [1.29, 1.82) is 0 Å². The predicted octanol–water partition coefficient (Wildman–Crippen LogP) is 2.30. The number of methoxy groups -OCH3 is 1. The molecule has 0 heterocycles. The van der Waals surface area contributed by atoms with E-state index in [9.17, 15) is 21.4 Å². The number of hydrogen-bond acceptors (Lipinski definition) is 13. The summed E-state index contributed by atoms with van der Waals surface area (Å²) in [6, 6.07) is 6.40. The fourth-order valence-corrected chi connectivity index (χ4v) is 3.45. The Balaban J connectivity index is 2.14. The standard InChI is InChI=1S/C15H18N4O10S3/c1-26-14-3-2-9(28-29-30-5-4-27-32(23,24)25)6-13(14)19-18-12-8-15(31(20,21)22)11(17)7-10(12)16/h2-3,6-8H,4-5,16-17H2,1H3,(H,20,21,22)(H,23,24,25). The summed E-state index contributed by atoms with van der Waals surface area (Å²) in [6.45, 7) is -0.344. The van der Waals surface area contributed by atoms with Gasteiger partial charge in [0.1, 0.15) is 22.0 Å². The van der Waals surface area contributed by atoms with Crippen LogP contribution in [0.25, 0.3) is 0 Å². The Bertz CT molecular complexity index is 1200. The molecule has 0 saturated heterocycles. The molecule has 0 aliphatic rings. The maximum absolute atomic E-state index is 11.4. The molecule has 0 unspecified atom stereocenters. The SMILES string of the molecule is COc1ccc(OOSCCOS(=O)(=O)O)cc1N=Nc1cc(S(=O)(=O)O)c(N)cc1N. The van der Waals surface area contributed by atoms with Crippen molar-refractivity contribution in [2.45, 2.75) is 4.90 Å². The van der Waals surface area contributed by atoms with Crippen molar-refractivity contribution in [1.82, 2.24) is 0 Å². The van der Waals surface area contributed by atoms with Gasteiger partial charge in [-0.2, -0.15) is 16.8 Å². The lowest BCUT2D eigenvalue weighted by Crippen LogP contribution is -2.06. The van der Waals surface area contributed by atoms with E-state index in [1.54, 1.807) is 0 Å². The lowest BCUT2D eigenvalue weighted by atomic mass is 10.2. The monoisotopic (exact) mass is 510 g/mol. The van der Waals surface area contributed by atoms with Gasteiger partial charge in [-0.25, -0.2) is 4.18 Å². The van der Waals surface area contributed by atoms with E-state index in [1.807, 2.05) is 0 Å². The fourth-order valence-electron chi connectivity index (χ4n) is 2.09. The first-order valence-electron chi connectivity index (χ1n) is 8.25. The van der Waals surface area contributed by atoms with Crippen LogP contribution in [0.1, 0.15) is 0 Å². The van der Waals surface area contributed by atoms with E-state index in [1.165, 1.54) is 25.3 Å². The first-order valence-corrected chi connectivity index (χ1v) is 12.0. The number of ether oxygens (including phenoxy) is 1. The molecule has 6 N–H and O–H groups in total. The van der Waals surface area contributed by atoms with Crippen LogP contribution < -0.4 is 21.1 Å². The van der Waals surface area contributed by atoms with Gasteiger partial charge in [0.2, 0.25) is 0 Å². The topological polar surface area (TPSA) is 222 Å². The Morgan fingerprint density at radius 3 is 2.31 bits per heavy atom. The van der Waals surface area contributed by atoms with Crippen LogP contribution in [0, 0.1) is 0 Å². The van der Waals surface area contributed by atoms with E-state index >= 15 is 0 Å². The molecule has 14 nitrogen and oxygen atoms in total. The number of nitrogens with zero attached hydrogens (tertiary/aromatic N) is 2. The summed E-state index contributed by atoms with van der Waals surface area (Å²) in [6.07, 6.45) is 0. The zero-order chi connectivity index (χ0) is 23.9. The van der Waals surface area contributed by atoms with Gasteiger partial charge < -0.3 is 21.1 Å². The zero-order valence-corrected chi connectivity index (χ0v) is 18.7. The molecule has 0 fully saturated rings. The number of rotatable bonds is 11. The summed E-state index contributed by atoms with van der Waals surface area (Å²) >= 11 is 0.705. The second kappa shape index (κ2) is 10.8. The minimum atomic E-state index is -4.60. The molecule has 0 aliphatic carbocycles. The van der Waals surface area contributed by atoms with Crippen molar-refractivity contribution in [3.05, 3.63) is 30.3 Å². The van der Waals surface area contributed by atoms with E-state index < -0.39 is 25.4 Å². The Morgan fingerprint density at radius 2 is 1.69 bits per heavy atom. The van der Waals surface area contributed by atoms with Crippen molar-refractivity contribution in [3.63, 3.8) is 0 Å². The normalized spacial score (nSPS) is 12.2. The molecule has 0 radical (unpaired) electrons. The van der Waals surface area contributed by atoms with Gasteiger partial charge in [0.15, 0.2) is 5.75 Å². The molecule has 0 aliphatic heterocycles. The Hall–Kier alpha value is -2.67. The third-order valence-electron chi connectivity index (χ3n) is 3.43. The molecule has 0 saturated carbocycles. The number of azo groups is 1. The van der Waals surface area contributed by atoms with Crippen molar-refractivity contribution < 1.29 is 44.1 Å². The van der Waals surface area contributed by atoms with Crippen LogP contribution in [0.4, 0.5) is 22.7 Å². The van der Waals surface area contributed by atoms with E-state index in [2.05, 4.69) is 14.4 Å². The molecule has 2 aromatic rings. The maximum Gasteiger partial charge on any atom is 0.397 e. The number of nitrogen functional groups attached to an aromatic ring is 2. The van der Waals surface area contributed by atoms with Crippen LogP contribution in [0.15, 0.2) is 45.5 Å². The Labute approximate surface area is 187 Å². The van der Waals surface area contributed by atoms with Crippen LogP contribution in [0.5, 0.6) is 11.5 Å². The molecular weight excluding hydrogens is 492 g/mol. The van der Waals surface area contributed by atoms with Gasteiger partial charge in [-0.3, -0.25) is 9.11 Å². The summed E-state index contributed by atoms with van der Waals surface area (Å²) in [5, 5.41) is 7.83. The van der Waals surface area contributed by atoms with Gasteiger partial charge in [0.25, 0.3) is 10.1 Å². The van der Waals surface area contributed by atoms with Crippen molar-refractivity contribution in [3.8, 4) is 11.5 Å². The molecule has 0 aromatic heterocycles. The first kappa shape index (κ1) is 25.6. The van der Waals surface area contributed by atoms with Crippen LogP contribution in [0.3, 0.4) is 0 Å². The lowest BCUT2D eigenvalue weighted by Gasteiger charge is -2.08. The van der Waals surface area contributed by atoms with E-state index in [-0.39, 0.29) is 46.6 Å². The predicted molar refractivity (Wildman–Crippen MR) is 114 cm³/mol. The highest BCUT2D eigenvalue weighted by Crippen LogP contribution is 2.36. The average molecular weight is 511 g/mol. The number of nitrogens with two attached hydrogens (primary N) is 2. The van der Waals surface area contributed by atoms with Crippen molar-refractivity contribution in [2.24, 2.45) is 10.2 Å². The highest BCUT2D eigenvalue weighted by atomic mass is 32.3. The second-order valence-electron chi connectivity index (χ2n) is 5.68. The van der Waals surface area contributed by atoms with Gasteiger partial charge in [-0.05, 0) is 24.3 Å². The maximum atomic E-state index is 11.4. The third kappa shape index (κ3) is 7.79. The zero-order valence-electron chi connectivity index (χ0n) is 16.2. The van der Waals surface area contributed by atoms with Gasteiger partial charge in [-0.1, -0.05) is 0 Å². The number of benzene rings is 2. The van der Waals surface area contributed by atoms with Crippen LogP contribution in [0.2, 0.25) is 0 Å². The molecule has 17 heteroatoms. The van der Waals surface area contributed by atoms with Crippen molar-refractivity contribution >= 4 is 55.3 Å². The van der Waals surface area contributed by atoms with Crippen LogP contribution >= 0.6 is 12.0 Å². The second-order valence-corrected chi connectivity index (χ2v) is 8.94. The number of anilines is 2. The molecule has 32 heavy (non-hydrogen) atoms. The van der Waals surface area contributed by atoms with E-state index in [4.69, 9.17) is 30.0 Å². The van der Waals surface area contributed by atoms with E-state index in [0.29, 0.717) is 12.0 Å². The molecule has 2 rings (SSSR count). The third-order valence-corrected chi connectivity index (χ3v) is 5.30. The summed E-state index contributed by atoms with van der Waals surface area (Å²) in [4.78, 5) is 4.44. The first-order chi connectivity index (χ1) is 14.9. The quantitative estimate of drug-likeness (QED) is 0.0648. The van der Waals surface area contributed by atoms with Gasteiger partial charge in [0, 0.05) is 23.9 Å². The number of hydrogen-bond donors (Lipinski definition) is 4. The fraction of sp³-hybridized carbons (Fsp3) is 0.200. The minimum absolute atomic E-state index is 0.0110. The average Bonchev–Trinajstić information content (AvgIpc) is 2.68. The molecule has 0 bridgehead atoms. The smallest absolute Gasteiger partial charge is 0.397 e. The van der Waals surface area contributed by atoms with E-state index in [0.717, 1.165) is 12.1 Å². The summed E-state index contributed by atoms with van der Waals surface area (Å²) in [7, 11) is -7.76. The van der Waals surface area contributed by atoms with Gasteiger partial charge >= 0.3 is 10.4 Å². The summed E-state index contributed by atoms with van der Waals surface area (Å²) in [5.41, 5.74) is 11.2. The highest BCUT2D eigenvalue weighted by molar-refractivity contribution is 7.94. The molecule has 0 amide bonds. The Kier molecular flexibility index (Phi) is 8.61. The van der Waals surface area contributed by atoms with Gasteiger partial charge in [-0.15, -0.1) is 14.6 Å². The van der Waals surface area contributed by atoms with Gasteiger partial charge in [0.05, 0.1) is 25.1 Å². The molecule has 2 aromatic carbocycles. The largest absolute Gasteiger partial charge is 0.494 e. The molecular formula is C15H18N4O10S3. The Morgan fingerprint density at radius 1 is 1.00 bits per heavy atom. The van der Waals surface area contributed by atoms with Crippen LogP contribution in [-0.4, -0.2) is 45.4 Å². The molecule has 176 valence electrons. The highest BCUT2D eigenvalue weighted by Gasteiger charge is 2.17. The summed E-state index contributed by atoms with van der Waals surface area (Å²) in [5.74, 6) is 0.459. The lowest BCUT2D eigenvalue weighted by molar-refractivity contribution is -0.0778. The summed E-state index contributed by atoms with van der Waals surface area (Å²) < 4.78 is 75.4. The molecule has 0 spiro atoms. The minimum Gasteiger partial charge on any atom is -0.494 e. The van der Waals surface area contributed by atoms with Crippen molar-refractivity contribution in [2.75, 3.05) is 30.9 Å². The molecule has 0 atom stereocenters. The van der Waals surface area contributed by atoms with Crippen LogP contribution in [-0.2, 0) is 29.0 Å².